The van der Waals surface area contributed by atoms with E-state index >= 15 is 0 Å². The first-order chi connectivity index (χ1) is 17.4. The molecule has 0 saturated carbocycles. The molecule has 1 amide bonds. The number of nitrogens with zero attached hydrogens (tertiary/aromatic N) is 6. The molecule has 4 heterocycles. The van der Waals surface area contributed by atoms with Gasteiger partial charge in [0, 0.05) is 60.9 Å². The number of aromatic nitrogens is 4. The zero-order valence-electron chi connectivity index (χ0n) is 20.9. The van der Waals surface area contributed by atoms with Gasteiger partial charge in [0.2, 0.25) is 11.9 Å². The van der Waals surface area contributed by atoms with Crippen LogP contribution in [0.5, 0.6) is 0 Å². The van der Waals surface area contributed by atoms with Gasteiger partial charge in [0.15, 0.2) is 5.16 Å². The van der Waals surface area contributed by atoms with Crippen LogP contribution in [0.2, 0.25) is 0 Å². The Labute approximate surface area is 215 Å². The SMILES string of the molecule is CC(C)Sc1nc2cc(F)ccc2n1C1CCN(C(=O)C2CCN(Cc3cnc(N)nc3)CC2)CC1. The van der Waals surface area contributed by atoms with Gasteiger partial charge in [-0.05, 0) is 50.9 Å². The number of thioether (sulfide) groups is 1. The first-order valence-corrected chi connectivity index (χ1v) is 13.7. The van der Waals surface area contributed by atoms with Crippen LogP contribution in [0.25, 0.3) is 11.0 Å². The highest BCUT2D eigenvalue weighted by Gasteiger charge is 2.32. The number of benzene rings is 1. The third-order valence-corrected chi connectivity index (χ3v) is 8.14. The van der Waals surface area contributed by atoms with Crippen molar-refractivity contribution < 1.29 is 9.18 Å². The number of anilines is 1. The number of likely N-dealkylation sites (tertiary alicyclic amines) is 2. The van der Waals surface area contributed by atoms with Gasteiger partial charge >= 0.3 is 0 Å². The van der Waals surface area contributed by atoms with Gasteiger partial charge in [-0.25, -0.2) is 19.3 Å². The monoisotopic (exact) mass is 511 g/mol. The fraction of sp³-hybridized carbons (Fsp3) is 0.538. The number of imidazole rings is 1. The third kappa shape index (κ3) is 5.49. The van der Waals surface area contributed by atoms with Crippen LogP contribution in [0.3, 0.4) is 0 Å². The summed E-state index contributed by atoms with van der Waals surface area (Å²) in [5.41, 5.74) is 8.30. The molecule has 8 nitrogen and oxygen atoms in total. The molecule has 3 aromatic rings. The summed E-state index contributed by atoms with van der Waals surface area (Å²) >= 11 is 1.71. The molecule has 1 aromatic carbocycles. The Morgan fingerprint density at radius 1 is 1.11 bits per heavy atom. The van der Waals surface area contributed by atoms with Crippen molar-refractivity contribution in [2.75, 3.05) is 31.9 Å². The molecule has 36 heavy (non-hydrogen) atoms. The van der Waals surface area contributed by atoms with Crippen LogP contribution in [0.15, 0.2) is 35.7 Å². The second-order valence-corrected chi connectivity index (χ2v) is 11.7. The molecule has 0 aliphatic carbocycles. The van der Waals surface area contributed by atoms with Crippen molar-refractivity contribution in [3.05, 3.63) is 42.0 Å². The average Bonchev–Trinajstić information content (AvgIpc) is 3.21. The number of carbonyl (C=O) groups is 1. The maximum atomic E-state index is 13.8. The van der Waals surface area contributed by atoms with Crippen LogP contribution in [0.1, 0.15) is 51.1 Å². The fourth-order valence-electron chi connectivity index (χ4n) is 5.34. The van der Waals surface area contributed by atoms with E-state index in [9.17, 15) is 9.18 Å². The molecule has 5 rings (SSSR count). The van der Waals surface area contributed by atoms with Crippen molar-refractivity contribution >= 4 is 34.7 Å². The molecule has 0 atom stereocenters. The molecule has 2 N–H and O–H groups in total. The Bertz CT molecular complexity index is 1200. The van der Waals surface area contributed by atoms with E-state index in [1.807, 2.05) is 6.07 Å². The number of hydrogen-bond donors (Lipinski definition) is 1. The van der Waals surface area contributed by atoms with E-state index in [1.54, 1.807) is 24.2 Å². The largest absolute Gasteiger partial charge is 0.368 e. The second kappa shape index (κ2) is 10.7. The number of hydrogen-bond acceptors (Lipinski definition) is 7. The smallest absolute Gasteiger partial charge is 0.225 e. The molecular weight excluding hydrogens is 477 g/mol. The Balaban J connectivity index is 1.18. The summed E-state index contributed by atoms with van der Waals surface area (Å²) in [6, 6.07) is 5.12. The van der Waals surface area contributed by atoms with Crippen LogP contribution in [0, 0.1) is 11.7 Å². The Hall–Kier alpha value is -2.72. The Morgan fingerprint density at radius 3 is 2.47 bits per heavy atom. The van der Waals surface area contributed by atoms with E-state index in [1.165, 1.54) is 12.1 Å². The molecule has 2 aliphatic heterocycles. The van der Waals surface area contributed by atoms with Gasteiger partial charge in [-0.1, -0.05) is 25.6 Å². The van der Waals surface area contributed by atoms with Gasteiger partial charge in [-0.2, -0.15) is 0 Å². The standard InChI is InChI=1S/C26H34FN7OS/c1-17(2)36-26-31-22-13-20(27)3-4-23(22)34(26)21-7-11-33(12-8-21)24(35)19-5-9-32(10-6-19)16-18-14-29-25(28)30-15-18/h3-4,13-15,17,19,21H,5-12,16H2,1-2H3,(H2,28,29,30). The number of amides is 1. The van der Waals surface area contributed by atoms with Gasteiger partial charge in [0.25, 0.3) is 0 Å². The fourth-order valence-corrected chi connectivity index (χ4v) is 6.28. The molecule has 0 bridgehead atoms. The highest BCUT2D eigenvalue weighted by molar-refractivity contribution is 7.99. The number of piperidine rings is 2. The lowest BCUT2D eigenvalue weighted by atomic mass is 9.93. The lowest BCUT2D eigenvalue weighted by molar-refractivity contribution is -0.138. The summed E-state index contributed by atoms with van der Waals surface area (Å²) in [4.78, 5) is 30.6. The summed E-state index contributed by atoms with van der Waals surface area (Å²) in [5, 5.41) is 1.32. The van der Waals surface area contributed by atoms with Crippen LogP contribution in [0.4, 0.5) is 10.3 Å². The second-order valence-electron chi connectivity index (χ2n) is 10.1. The summed E-state index contributed by atoms with van der Waals surface area (Å²) in [6.07, 6.45) is 7.07. The maximum absolute atomic E-state index is 13.8. The zero-order valence-corrected chi connectivity index (χ0v) is 21.8. The van der Waals surface area contributed by atoms with Crippen molar-refractivity contribution in [2.45, 2.75) is 62.5 Å². The lowest BCUT2D eigenvalue weighted by Gasteiger charge is -2.38. The molecule has 0 spiro atoms. The molecule has 2 fully saturated rings. The van der Waals surface area contributed by atoms with Crippen LogP contribution in [-0.4, -0.2) is 66.7 Å². The van der Waals surface area contributed by atoms with Crippen molar-refractivity contribution in [1.29, 1.82) is 0 Å². The van der Waals surface area contributed by atoms with Gasteiger partial charge in [0.1, 0.15) is 5.82 Å². The summed E-state index contributed by atoms with van der Waals surface area (Å²) in [5.74, 6) is 0.404. The van der Waals surface area contributed by atoms with Crippen LogP contribution in [-0.2, 0) is 11.3 Å². The van der Waals surface area contributed by atoms with E-state index < -0.39 is 0 Å². The topological polar surface area (TPSA) is 93.2 Å². The predicted molar refractivity (Wildman–Crippen MR) is 140 cm³/mol. The number of nitrogens with two attached hydrogens (primary N) is 1. The first kappa shape index (κ1) is 25.0. The van der Waals surface area contributed by atoms with E-state index in [4.69, 9.17) is 10.7 Å². The number of halogens is 1. The number of fused-ring (bicyclic) bond motifs is 1. The lowest BCUT2D eigenvalue weighted by Crippen LogP contribution is -2.45. The molecule has 2 aromatic heterocycles. The minimum Gasteiger partial charge on any atom is -0.368 e. The highest BCUT2D eigenvalue weighted by atomic mass is 32.2. The van der Waals surface area contributed by atoms with Crippen molar-refractivity contribution in [3.63, 3.8) is 0 Å². The van der Waals surface area contributed by atoms with Gasteiger partial charge in [0.05, 0.1) is 11.0 Å². The average molecular weight is 512 g/mol. The molecule has 192 valence electrons. The van der Waals surface area contributed by atoms with Crippen molar-refractivity contribution in [1.82, 2.24) is 29.3 Å². The quantitative estimate of drug-likeness (QED) is 0.498. The van der Waals surface area contributed by atoms with Crippen LogP contribution >= 0.6 is 11.8 Å². The van der Waals surface area contributed by atoms with Gasteiger partial charge < -0.3 is 15.2 Å². The first-order valence-electron chi connectivity index (χ1n) is 12.8. The minimum atomic E-state index is -0.262. The van der Waals surface area contributed by atoms with E-state index in [0.717, 1.165) is 74.6 Å². The summed E-state index contributed by atoms with van der Waals surface area (Å²) in [6.45, 7) is 8.36. The molecule has 2 aliphatic rings. The summed E-state index contributed by atoms with van der Waals surface area (Å²) in [7, 11) is 0. The Kier molecular flexibility index (Phi) is 7.43. The molecule has 2 saturated heterocycles. The Morgan fingerprint density at radius 2 is 1.81 bits per heavy atom. The van der Waals surface area contributed by atoms with Gasteiger partial charge in [-0.15, -0.1) is 0 Å². The summed E-state index contributed by atoms with van der Waals surface area (Å²) < 4.78 is 16.1. The van der Waals surface area contributed by atoms with E-state index in [0.29, 0.717) is 16.7 Å². The molecular formula is C26H34FN7OS. The predicted octanol–water partition coefficient (Wildman–Crippen LogP) is 4.12. The number of carbonyl (C=O) groups excluding carboxylic acids is 1. The van der Waals surface area contributed by atoms with Crippen molar-refractivity contribution in [2.24, 2.45) is 5.92 Å². The van der Waals surface area contributed by atoms with E-state index in [2.05, 4.69) is 38.2 Å². The molecule has 0 unspecified atom stereocenters. The molecule has 10 heteroatoms. The zero-order chi connectivity index (χ0) is 25.2. The van der Waals surface area contributed by atoms with Gasteiger partial charge in [-0.3, -0.25) is 9.69 Å². The minimum absolute atomic E-state index is 0.0876. The molecule has 0 radical (unpaired) electrons. The number of nitrogen functional groups attached to an aromatic ring is 1. The van der Waals surface area contributed by atoms with Crippen LogP contribution < -0.4 is 5.73 Å². The maximum Gasteiger partial charge on any atom is 0.225 e. The third-order valence-electron chi connectivity index (χ3n) is 7.17. The number of rotatable bonds is 6. The highest BCUT2D eigenvalue weighted by Crippen LogP contribution is 2.35. The van der Waals surface area contributed by atoms with Crippen molar-refractivity contribution in [3.8, 4) is 0 Å². The van der Waals surface area contributed by atoms with E-state index in [-0.39, 0.29) is 23.7 Å². The normalized spacial score (nSPS) is 18.4.